The predicted octanol–water partition coefficient (Wildman–Crippen LogP) is 3.08. The number of halogens is 1. The number of nitrogens with zero attached hydrogens (tertiary/aromatic N) is 1. The molecule has 0 bridgehead atoms. The number of ether oxygens (including phenoxy) is 2. The van der Waals surface area contributed by atoms with E-state index in [0.29, 0.717) is 47.6 Å². The summed E-state index contributed by atoms with van der Waals surface area (Å²) in [5.74, 6) is -0.182. The van der Waals surface area contributed by atoms with E-state index in [1.165, 1.54) is 4.90 Å². The second-order valence-electron chi connectivity index (χ2n) is 6.24. The van der Waals surface area contributed by atoms with Gasteiger partial charge in [-0.05, 0) is 40.9 Å². The Kier molecular flexibility index (Phi) is 4.71. The van der Waals surface area contributed by atoms with Crippen LogP contribution in [0.4, 0.5) is 0 Å². The molecule has 1 N–H and O–H groups in total. The maximum Gasteiger partial charge on any atom is 0.329 e. The zero-order valence-corrected chi connectivity index (χ0v) is 15.1. The summed E-state index contributed by atoms with van der Waals surface area (Å²) in [7, 11) is 1.58. The number of rotatable bonds is 3. The third-order valence-corrected chi connectivity index (χ3v) is 5.46. The number of amides is 1. The number of hydrogen-bond donors (Lipinski definition) is 1. The minimum Gasteiger partial charge on any atom is -0.486 e. The maximum absolute atomic E-state index is 12.9. The van der Waals surface area contributed by atoms with Gasteiger partial charge >= 0.3 is 5.97 Å². The quantitative estimate of drug-likeness (QED) is 0.847. The summed E-state index contributed by atoms with van der Waals surface area (Å²) >= 11 is 3.40. The minimum absolute atomic E-state index is 0.322. The highest BCUT2D eigenvalue weighted by Gasteiger charge is 2.45. The molecule has 130 valence electrons. The SMILES string of the molecule is CN(C(=O)c1cc(Br)c2c(c1)OCCO2)C1(C(=O)O)CCCCC1. The van der Waals surface area contributed by atoms with Gasteiger partial charge in [0.15, 0.2) is 11.5 Å². The van der Waals surface area contributed by atoms with Gasteiger partial charge in [-0.2, -0.15) is 0 Å². The summed E-state index contributed by atoms with van der Waals surface area (Å²) in [6, 6.07) is 3.28. The van der Waals surface area contributed by atoms with Crippen molar-refractivity contribution in [3.05, 3.63) is 22.2 Å². The second-order valence-corrected chi connectivity index (χ2v) is 7.10. The molecule has 0 atom stereocenters. The highest BCUT2D eigenvalue weighted by Crippen LogP contribution is 2.40. The first-order valence-electron chi connectivity index (χ1n) is 8.06. The third-order valence-electron chi connectivity index (χ3n) is 4.87. The van der Waals surface area contributed by atoms with Gasteiger partial charge < -0.3 is 19.5 Å². The first-order chi connectivity index (χ1) is 11.5. The number of fused-ring (bicyclic) bond motifs is 1. The molecular formula is C17H20BrNO5. The Morgan fingerprint density at radius 1 is 1.17 bits per heavy atom. The molecule has 1 fully saturated rings. The van der Waals surface area contributed by atoms with Gasteiger partial charge in [0.05, 0.1) is 4.47 Å². The molecule has 0 aromatic heterocycles. The Balaban J connectivity index is 1.93. The third kappa shape index (κ3) is 2.85. The molecular weight excluding hydrogens is 378 g/mol. The first kappa shape index (κ1) is 17.1. The van der Waals surface area contributed by atoms with E-state index >= 15 is 0 Å². The molecule has 6 nitrogen and oxygen atoms in total. The van der Waals surface area contributed by atoms with Crippen molar-refractivity contribution in [1.29, 1.82) is 0 Å². The van der Waals surface area contributed by atoms with Gasteiger partial charge in [-0.1, -0.05) is 19.3 Å². The Morgan fingerprint density at radius 3 is 2.50 bits per heavy atom. The molecule has 0 unspecified atom stereocenters. The van der Waals surface area contributed by atoms with Crippen LogP contribution in [0.5, 0.6) is 11.5 Å². The van der Waals surface area contributed by atoms with Gasteiger partial charge in [0.25, 0.3) is 5.91 Å². The van der Waals surface area contributed by atoms with Crippen molar-refractivity contribution in [3.8, 4) is 11.5 Å². The van der Waals surface area contributed by atoms with Crippen LogP contribution < -0.4 is 9.47 Å². The second kappa shape index (κ2) is 6.63. The Morgan fingerprint density at radius 2 is 1.83 bits per heavy atom. The van der Waals surface area contributed by atoms with E-state index in [1.54, 1.807) is 19.2 Å². The van der Waals surface area contributed by atoms with Crippen LogP contribution in [0.3, 0.4) is 0 Å². The number of carboxylic acids is 1. The predicted molar refractivity (Wildman–Crippen MR) is 90.7 cm³/mol. The van der Waals surface area contributed by atoms with Gasteiger partial charge in [0.1, 0.15) is 18.8 Å². The van der Waals surface area contributed by atoms with Crippen LogP contribution in [-0.4, -0.2) is 47.7 Å². The zero-order valence-electron chi connectivity index (χ0n) is 13.5. The Labute approximate surface area is 148 Å². The molecule has 0 spiro atoms. The van der Waals surface area contributed by atoms with Crippen LogP contribution in [0.2, 0.25) is 0 Å². The van der Waals surface area contributed by atoms with Crippen molar-refractivity contribution >= 4 is 27.8 Å². The van der Waals surface area contributed by atoms with Gasteiger partial charge in [0.2, 0.25) is 0 Å². The van der Waals surface area contributed by atoms with Crippen LogP contribution in [0.15, 0.2) is 16.6 Å². The van der Waals surface area contributed by atoms with E-state index in [4.69, 9.17) is 9.47 Å². The smallest absolute Gasteiger partial charge is 0.329 e. The molecule has 1 aliphatic heterocycles. The number of carbonyl (C=O) groups excluding carboxylic acids is 1. The topological polar surface area (TPSA) is 76.1 Å². The van der Waals surface area contributed by atoms with E-state index in [1.807, 2.05) is 0 Å². The lowest BCUT2D eigenvalue weighted by Crippen LogP contribution is -2.56. The number of benzene rings is 1. The monoisotopic (exact) mass is 397 g/mol. The van der Waals surface area contributed by atoms with E-state index < -0.39 is 11.5 Å². The largest absolute Gasteiger partial charge is 0.486 e. The van der Waals surface area contributed by atoms with Crippen LogP contribution in [-0.2, 0) is 4.79 Å². The molecule has 1 aromatic rings. The van der Waals surface area contributed by atoms with Crippen LogP contribution >= 0.6 is 15.9 Å². The lowest BCUT2D eigenvalue weighted by atomic mass is 9.80. The van der Waals surface area contributed by atoms with Crippen molar-refractivity contribution in [3.63, 3.8) is 0 Å². The molecule has 1 aromatic carbocycles. The summed E-state index contributed by atoms with van der Waals surface area (Å²) in [6.45, 7) is 0.882. The fourth-order valence-corrected chi connectivity index (χ4v) is 4.01. The van der Waals surface area contributed by atoms with Crippen LogP contribution in [0.1, 0.15) is 42.5 Å². The Bertz CT molecular complexity index is 669. The average Bonchev–Trinajstić information content (AvgIpc) is 2.61. The van der Waals surface area contributed by atoms with Gasteiger partial charge in [0, 0.05) is 12.6 Å². The molecule has 0 saturated heterocycles. The summed E-state index contributed by atoms with van der Waals surface area (Å²) < 4.78 is 11.7. The molecule has 0 radical (unpaired) electrons. The number of likely N-dealkylation sites (N-methyl/N-ethyl adjacent to an activating group) is 1. The van der Waals surface area contributed by atoms with Crippen molar-refractivity contribution < 1.29 is 24.2 Å². The molecule has 1 saturated carbocycles. The first-order valence-corrected chi connectivity index (χ1v) is 8.86. The number of carboxylic acid groups (broad SMARTS) is 1. The molecule has 7 heteroatoms. The number of hydrogen-bond acceptors (Lipinski definition) is 4. The van der Waals surface area contributed by atoms with E-state index in [2.05, 4.69) is 15.9 Å². The lowest BCUT2D eigenvalue weighted by molar-refractivity contribution is -0.151. The van der Waals surface area contributed by atoms with Crippen molar-refractivity contribution in [2.45, 2.75) is 37.6 Å². The highest BCUT2D eigenvalue weighted by atomic mass is 79.9. The molecule has 3 rings (SSSR count). The number of carbonyl (C=O) groups is 2. The maximum atomic E-state index is 12.9. The summed E-state index contributed by atoms with van der Waals surface area (Å²) in [4.78, 5) is 26.2. The fraction of sp³-hybridized carbons (Fsp3) is 0.529. The highest BCUT2D eigenvalue weighted by molar-refractivity contribution is 9.10. The average molecular weight is 398 g/mol. The van der Waals surface area contributed by atoms with Crippen LogP contribution in [0, 0.1) is 0 Å². The van der Waals surface area contributed by atoms with Crippen molar-refractivity contribution in [1.82, 2.24) is 4.90 Å². The summed E-state index contributed by atoms with van der Waals surface area (Å²) in [6.07, 6.45) is 3.60. The summed E-state index contributed by atoms with van der Waals surface area (Å²) in [5.41, 5.74) is -0.741. The molecule has 1 heterocycles. The standard InChI is InChI=1S/C17H20BrNO5/c1-19(17(16(21)22)5-3-2-4-6-17)15(20)11-9-12(18)14-13(10-11)23-7-8-24-14/h9-10H,2-8H2,1H3,(H,21,22). The van der Waals surface area contributed by atoms with Crippen molar-refractivity contribution in [2.24, 2.45) is 0 Å². The zero-order chi connectivity index (χ0) is 17.3. The van der Waals surface area contributed by atoms with Gasteiger partial charge in [-0.25, -0.2) is 4.79 Å². The van der Waals surface area contributed by atoms with E-state index in [0.717, 1.165) is 19.3 Å². The fourth-order valence-electron chi connectivity index (χ4n) is 3.45. The molecule has 24 heavy (non-hydrogen) atoms. The number of aliphatic carboxylic acids is 1. The van der Waals surface area contributed by atoms with Crippen molar-refractivity contribution in [2.75, 3.05) is 20.3 Å². The van der Waals surface area contributed by atoms with E-state index in [9.17, 15) is 14.7 Å². The summed E-state index contributed by atoms with van der Waals surface area (Å²) in [5, 5.41) is 9.75. The van der Waals surface area contributed by atoms with E-state index in [-0.39, 0.29) is 5.91 Å². The Hall–Kier alpha value is -1.76. The minimum atomic E-state index is -1.13. The van der Waals surface area contributed by atoms with Crippen LogP contribution in [0.25, 0.3) is 0 Å². The lowest BCUT2D eigenvalue weighted by Gasteiger charge is -2.41. The van der Waals surface area contributed by atoms with Gasteiger partial charge in [-0.15, -0.1) is 0 Å². The van der Waals surface area contributed by atoms with Gasteiger partial charge in [-0.3, -0.25) is 4.79 Å². The molecule has 2 aliphatic rings. The molecule has 1 aliphatic carbocycles. The normalized spacial score (nSPS) is 18.8. The molecule has 1 amide bonds.